The highest BCUT2D eigenvalue weighted by Gasteiger charge is 2.08. The molecule has 0 heterocycles. The fraction of sp³-hybridized carbons (Fsp3) is 0.308. The molecule has 2 atom stereocenters. The third kappa shape index (κ3) is 8.13. The molecule has 0 aliphatic rings. The van der Waals surface area contributed by atoms with E-state index in [0.717, 1.165) is 22.5 Å². The second-order valence-corrected chi connectivity index (χ2v) is 7.90. The van der Waals surface area contributed by atoms with Crippen molar-refractivity contribution < 1.29 is 19.7 Å². The molecular formula is C26H32N2O4. The normalized spacial score (nSPS) is 12.6. The monoisotopic (exact) mass is 436 g/mol. The van der Waals surface area contributed by atoms with Crippen molar-refractivity contribution in [1.29, 1.82) is 0 Å². The molecule has 0 radical (unpaired) electrons. The molecule has 2 unspecified atom stereocenters. The number of benzene rings is 3. The highest BCUT2D eigenvalue weighted by atomic mass is 16.5. The zero-order valence-electron chi connectivity index (χ0n) is 18.6. The zero-order valence-corrected chi connectivity index (χ0v) is 18.6. The highest BCUT2D eigenvalue weighted by molar-refractivity contribution is 5.46. The summed E-state index contributed by atoms with van der Waals surface area (Å²) >= 11 is 0. The smallest absolute Gasteiger partial charge is 0.119 e. The first-order valence-electron chi connectivity index (χ1n) is 10.8. The van der Waals surface area contributed by atoms with E-state index in [0.29, 0.717) is 24.6 Å². The van der Waals surface area contributed by atoms with Crippen LogP contribution < -0.4 is 20.1 Å². The standard InChI is InChI=1S/C26H32N2O4/c1-19-5-3-7-21(13-19)27-15-23(29)17-31-25-9-11-26(12-10-25)32-18-24(30)16-28-22-8-4-6-20(2)14-22/h3-14,23-24,27-30H,15-18H2,1-2H3. The lowest BCUT2D eigenvalue weighted by Gasteiger charge is -2.16. The van der Waals surface area contributed by atoms with E-state index in [9.17, 15) is 10.2 Å². The van der Waals surface area contributed by atoms with Crippen LogP contribution in [0.15, 0.2) is 72.8 Å². The molecule has 0 aliphatic heterocycles. The van der Waals surface area contributed by atoms with E-state index in [-0.39, 0.29) is 13.2 Å². The minimum absolute atomic E-state index is 0.183. The van der Waals surface area contributed by atoms with E-state index in [2.05, 4.69) is 10.6 Å². The molecule has 6 heteroatoms. The van der Waals surface area contributed by atoms with Crippen LogP contribution in [0.5, 0.6) is 11.5 Å². The van der Waals surface area contributed by atoms with Gasteiger partial charge in [-0.05, 0) is 73.5 Å². The van der Waals surface area contributed by atoms with Crippen molar-refractivity contribution in [2.45, 2.75) is 26.1 Å². The van der Waals surface area contributed by atoms with Crippen LogP contribution >= 0.6 is 0 Å². The topological polar surface area (TPSA) is 83.0 Å². The summed E-state index contributed by atoms with van der Waals surface area (Å²) in [7, 11) is 0. The fourth-order valence-corrected chi connectivity index (χ4v) is 3.12. The van der Waals surface area contributed by atoms with Crippen LogP contribution in [-0.4, -0.2) is 48.7 Å². The van der Waals surface area contributed by atoms with Gasteiger partial charge in [-0.3, -0.25) is 0 Å². The predicted molar refractivity (Wildman–Crippen MR) is 129 cm³/mol. The summed E-state index contributed by atoms with van der Waals surface area (Å²) in [6.45, 7) is 5.23. The second-order valence-electron chi connectivity index (χ2n) is 7.90. The average molecular weight is 437 g/mol. The van der Waals surface area contributed by atoms with Crippen LogP contribution in [0.3, 0.4) is 0 Å². The van der Waals surface area contributed by atoms with Crippen LogP contribution in [-0.2, 0) is 0 Å². The maximum atomic E-state index is 10.1. The van der Waals surface area contributed by atoms with E-state index >= 15 is 0 Å². The fourth-order valence-electron chi connectivity index (χ4n) is 3.12. The molecule has 0 bridgehead atoms. The van der Waals surface area contributed by atoms with Gasteiger partial charge in [0.2, 0.25) is 0 Å². The maximum absolute atomic E-state index is 10.1. The Hall–Kier alpha value is -3.22. The number of aliphatic hydroxyl groups excluding tert-OH is 2. The summed E-state index contributed by atoms with van der Waals surface area (Å²) in [5.41, 5.74) is 4.28. The van der Waals surface area contributed by atoms with E-state index in [1.54, 1.807) is 24.3 Å². The van der Waals surface area contributed by atoms with Crippen LogP contribution in [0.25, 0.3) is 0 Å². The summed E-state index contributed by atoms with van der Waals surface area (Å²) in [6.07, 6.45) is -1.27. The number of aliphatic hydroxyl groups is 2. The van der Waals surface area contributed by atoms with E-state index in [1.807, 2.05) is 62.4 Å². The molecule has 3 aromatic rings. The zero-order chi connectivity index (χ0) is 22.8. The molecule has 0 fully saturated rings. The van der Waals surface area contributed by atoms with Gasteiger partial charge in [0.05, 0.1) is 0 Å². The van der Waals surface area contributed by atoms with Crippen LogP contribution in [0.1, 0.15) is 11.1 Å². The minimum atomic E-state index is -0.637. The molecule has 0 aromatic heterocycles. The Labute approximate surface area is 189 Å². The number of rotatable bonds is 12. The van der Waals surface area contributed by atoms with Gasteiger partial charge in [0.25, 0.3) is 0 Å². The SMILES string of the molecule is Cc1cccc(NCC(O)COc2ccc(OCC(O)CNc3cccc(C)c3)cc2)c1. The molecule has 0 aliphatic carbocycles. The molecule has 0 saturated heterocycles. The largest absolute Gasteiger partial charge is 0.491 e. The molecular weight excluding hydrogens is 404 g/mol. The second kappa shape index (κ2) is 12.0. The van der Waals surface area contributed by atoms with Crippen molar-refractivity contribution in [2.75, 3.05) is 36.9 Å². The third-order valence-corrected chi connectivity index (χ3v) is 4.83. The third-order valence-electron chi connectivity index (χ3n) is 4.83. The van der Waals surface area contributed by atoms with Gasteiger partial charge >= 0.3 is 0 Å². The van der Waals surface area contributed by atoms with E-state index in [4.69, 9.17) is 9.47 Å². The highest BCUT2D eigenvalue weighted by Crippen LogP contribution is 2.18. The van der Waals surface area contributed by atoms with Crippen LogP contribution in [0.4, 0.5) is 11.4 Å². The predicted octanol–water partition coefficient (Wildman–Crippen LogP) is 4.01. The molecule has 4 N–H and O–H groups in total. The molecule has 0 amide bonds. The van der Waals surface area contributed by atoms with Crippen molar-refractivity contribution in [3.05, 3.63) is 83.9 Å². The molecule has 0 saturated carbocycles. The van der Waals surface area contributed by atoms with Crippen LogP contribution in [0.2, 0.25) is 0 Å². The van der Waals surface area contributed by atoms with Gasteiger partial charge in [0.15, 0.2) is 0 Å². The molecule has 3 rings (SSSR count). The van der Waals surface area contributed by atoms with Crippen molar-refractivity contribution >= 4 is 11.4 Å². The van der Waals surface area contributed by atoms with Gasteiger partial charge in [-0.15, -0.1) is 0 Å². The first kappa shape index (κ1) is 23.4. The molecule has 0 spiro atoms. The Balaban J connectivity index is 1.34. The number of hydrogen-bond donors (Lipinski definition) is 4. The Morgan fingerprint density at radius 1 is 0.656 bits per heavy atom. The van der Waals surface area contributed by atoms with Crippen LogP contribution in [0, 0.1) is 13.8 Å². The first-order chi connectivity index (χ1) is 15.5. The van der Waals surface area contributed by atoms with Crippen molar-refractivity contribution in [3.8, 4) is 11.5 Å². The minimum Gasteiger partial charge on any atom is -0.491 e. The Morgan fingerprint density at radius 2 is 1.06 bits per heavy atom. The summed E-state index contributed by atoms with van der Waals surface area (Å²) in [5.74, 6) is 1.29. The molecule has 3 aromatic carbocycles. The Morgan fingerprint density at radius 3 is 1.44 bits per heavy atom. The van der Waals surface area contributed by atoms with Crippen molar-refractivity contribution in [1.82, 2.24) is 0 Å². The van der Waals surface area contributed by atoms with Gasteiger partial charge in [0, 0.05) is 24.5 Å². The quantitative estimate of drug-likeness (QED) is 0.343. The number of ether oxygens (including phenoxy) is 2. The maximum Gasteiger partial charge on any atom is 0.119 e. The van der Waals surface area contributed by atoms with Gasteiger partial charge in [-0.25, -0.2) is 0 Å². The van der Waals surface area contributed by atoms with Gasteiger partial charge in [0.1, 0.15) is 36.9 Å². The Bertz CT molecular complexity index is 884. The van der Waals surface area contributed by atoms with Gasteiger partial charge in [-0.1, -0.05) is 24.3 Å². The lowest BCUT2D eigenvalue weighted by molar-refractivity contribution is 0.115. The van der Waals surface area contributed by atoms with E-state index in [1.165, 1.54) is 0 Å². The average Bonchev–Trinajstić information content (AvgIpc) is 2.79. The number of nitrogens with one attached hydrogen (secondary N) is 2. The number of anilines is 2. The van der Waals surface area contributed by atoms with Gasteiger partial charge in [-0.2, -0.15) is 0 Å². The lowest BCUT2D eigenvalue weighted by Crippen LogP contribution is -2.26. The summed E-state index contributed by atoms with van der Waals surface area (Å²) in [4.78, 5) is 0. The molecule has 6 nitrogen and oxygen atoms in total. The van der Waals surface area contributed by atoms with Crippen molar-refractivity contribution in [3.63, 3.8) is 0 Å². The summed E-state index contributed by atoms with van der Waals surface area (Å²) < 4.78 is 11.3. The van der Waals surface area contributed by atoms with Crippen molar-refractivity contribution in [2.24, 2.45) is 0 Å². The van der Waals surface area contributed by atoms with E-state index < -0.39 is 12.2 Å². The Kier molecular flexibility index (Phi) is 8.78. The van der Waals surface area contributed by atoms with Gasteiger partial charge < -0.3 is 30.3 Å². The first-order valence-corrected chi connectivity index (χ1v) is 10.8. The molecule has 32 heavy (non-hydrogen) atoms. The number of hydrogen-bond acceptors (Lipinski definition) is 6. The summed E-state index contributed by atoms with van der Waals surface area (Å²) in [5, 5.41) is 26.7. The summed E-state index contributed by atoms with van der Waals surface area (Å²) in [6, 6.07) is 23.1. The number of aryl methyl sites for hydroxylation is 2. The molecule has 170 valence electrons. The lowest BCUT2D eigenvalue weighted by atomic mass is 10.2.